The van der Waals surface area contributed by atoms with Crippen LogP contribution in [0.2, 0.25) is 0 Å². The lowest BCUT2D eigenvalue weighted by molar-refractivity contribution is -0.167. The predicted octanol–water partition coefficient (Wildman–Crippen LogP) is 15.5. The fourth-order valence-electron chi connectivity index (χ4n) is 7.33. The molecule has 0 aromatic rings. The second-order valence-electron chi connectivity index (χ2n) is 17.2. The van der Waals surface area contributed by atoms with Gasteiger partial charge in [0.05, 0.1) is 0 Å². The Kier molecular flexibility index (Phi) is 42.3. The van der Waals surface area contributed by atoms with Crippen LogP contribution in [-0.2, 0) is 28.6 Å². The van der Waals surface area contributed by atoms with E-state index < -0.39 is 6.10 Å². The van der Waals surface area contributed by atoms with E-state index in [0.29, 0.717) is 19.3 Å². The molecule has 0 aromatic carbocycles. The van der Waals surface area contributed by atoms with E-state index in [9.17, 15) is 14.4 Å². The highest BCUT2D eigenvalue weighted by atomic mass is 16.6. The summed E-state index contributed by atoms with van der Waals surface area (Å²) in [7, 11) is 0. The minimum atomic E-state index is -0.758. The van der Waals surface area contributed by atoms with Crippen molar-refractivity contribution in [1.29, 1.82) is 0 Å². The third-order valence-corrected chi connectivity index (χ3v) is 11.0. The maximum absolute atomic E-state index is 12.7. The van der Waals surface area contributed by atoms with E-state index in [2.05, 4.69) is 27.7 Å². The Morgan fingerprint density at radius 3 is 0.891 bits per heavy atom. The van der Waals surface area contributed by atoms with Crippen molar-refractivity contribution in [2.45, 2.75) is 278 Å². The summed E-state index contributed by atoms with van der Waals surface area (Å²) in [5.41, 5.74) is 0. The Hall–Kier alpha value is -1.59. The zero-order valence-corrected chi connectivity index (χ0v) is 37.4. The summed E-state index contributed by atoms with van der Waals surface area (Å²) in [4.78, 5) is 37.6. The first-order chi connectivity index (χ1) is 26.9. The van der Waals surface area contributed by atoms with Gasteiger partial charge in [-0.1, -0.05) is 233 Å². The number of unbranched alkanes of at least 4 members (excludes halogenated alkanes) is 31. The summed E-state index contributed by atoms with van der Waals surface area (Å²) in [6.45, 7) is 8.98. The predicted molar refractivity (Wildman–Crippen MR) is 233 cm³/mol. The number of carbonyl (C=O) groups is 3. The Labute approximate surface area is 342 Å². The highest BCUT2D eigenvalue weighted by Crippen LogP contribution is 2.17. The summed E-state index contributed by atoms with van der Waals surface area (Å²) in [6, 6.07) is 0. The number of hydrogen-bond acceptors (Lipinski definition) is 6. The first-order valence-corrected chi connectivity index (χ1v) is 24.4. The Bertz CT molecular complexity index is 826. The SMILES string of the molecule is CCCCCCCCCCCCCC(=O)OC[C@H](COC(=O)CCCCCCCCC)OC(=O)CCCCCCCCCCCCCCCCCCC(C)C. The molecule has 0 saturated heterocycles. The molecule has 0 aliphatic carbocycles. The lowest BCUT2D eigenvalue weighted by Gasteiger charge is -2.18. The largest absolute Gasteiger partial charge is 0.462 e. The van der Waals surface area contributed by atoms with Crippen LogP contribution < -0.4 is 0 Å². The molecule has 0 spiro atoms. The number of esters is 3. The van der Waals surface area contributed by atoms with Crippen molar-refractivity contribution < 1.29 is 28.6 Å². The van der Waals surface area contributed by atoms with Crippen LogP contribution in [0.15, 0.2) is 0 Å². The maximum Gasteiger partial charge on any atom is 0.306 e. The first-order valence-electron chi connectivity index (χ1n) is 24.4. The Morgan fingerprint density at radius 2 is 0.600 bits per heavy atom. The first kappa shape index (κ1) is 53.4. The minimum absolute atomic E-state index is 0.0636. The average Bonchev–Trinajstić information content (AvgIpc) is 3.17. The monoisotopic (exact) mass is 779 g/mol. The van der Waals surface area contributed by atoms with Gasteiger partial charge in [-0.25, -0.2) is 0 Å². The zero-order chi connectivity index (χ0) is 40.3. The van der Waals surface area contributed by atoms with Gasteiger partial charge >= 0.3 is 17.9 Å². The van der Waals surface area contributed by atoms with Crippen LogP contribution in [0.4, 0.5) is 0 Å². The number of ether oxygens (including phenoxy) is 3. The van der Waals surface area contributed by atoms with Crippen molar-refractivity contribution in [3.63, 3.8) is 0 Å². The number of rotatable bonds is 44. The second-order valence-corrected chi connectivity index (χ2v) is 17.2. The van der Waals surface area contributed by atoms with Crippen LogP contribution in [0.3, 0.4) is 0 Å². The highest BCUT2D eigenvalue weighted by Gasteiger charge is 2.19. The second kappa shape index (κ2) is 43.5. The van der Waals surface area contributed by atoms with Gasteiger partial charge in [0.2, 0.25) is 0 Å². The summed E-state index contributed by atoms with van der Waals surface area (Å²) in [5.74, 6) is -0.00429. The van der Waals surface area contributed by atoms with Crippen LogP contribution >= 0.6 is 0 Å². The average molecular weight is 779 g/mol. The fraction of sp³-hybridized carbons (Fsp3) is 0.939. The lowest BCUT2D eigenvalue weighted by atomic mass is 10.0. The molecule has 0 heterocycles. The molecule has 55 heavy (non-hydrogen) atoms. The van der Waals surface area contributed by atoms with Gasteiger partial charge < -0.3 is 14.2 Å². The van der Waals surface area contributed by atoms with Crippen LogP contribution in [0, 0.1) is 5.92 Å². The molecule has 0 amide bonds. The van der Waals surface area contributed by atoms with Crippen molar-refractivity contribution in [3.8, 4) is 0 Å². The molecule has 0 aromatic heterocycles. The summed E-state index contributed by atoms with van der Waals surface area (Å²) in [5, 5.41) is 0. The fourth-order valence-corrected chi connectivity index (χ4v) is 7.33. The van der Waals surface area contributed by atoms with Gasteiger partial charge in [0.1, 0.15) is 13.2 Å². The van der Waals surface area contributed by atoms with Crippen LogP contribution in [0.1, 0.15) is 272 Å². The minimum Gasteiger partial charge on any atom is -0.462 e. The number of hydrogen-bond donors (Lipinski definition) is 0. The van der Waals surface area contributed by atoms with E-state index in [1.165, 1.54) is 167 Å². The third kappa shape index (κ3) is 43.4. The Balaban J connectivity index is 4.18. The summed E-state index contributed by atoms with van der Waals surface area (Å²) in [6.07, 6.45) is 43.9. The third-order valence-electron chi connectivity index (χ3n) is 11.0. The molecule has 1 atom stereocenters. The van der Waals surface area contributed by atoms with Gasteiger partial charge in [0, 0.05) is 19.3 Å². The van der Waals surface area contributed by atoms with E-state index >= 15 is 0 Å². The molecule has 0 bridgehead atoms. The summed E-state index contributed by atoms with van der Waals surface area (Å²) < 4.78 is 16.7. The van der Waals surface area contributed by atoms with Gasteiger partial charge in [-0.2, -0.15) is 0 Å². The van der Waals surface area contributed by atoms with Crippen LogP contribution in [-0.4, -0.2) is 37.2 Å². The maximum atomic E-state index is 12.7. The Morgan fingerprint density at radius 1 is 0.345 bits per heavy atom. The van der Waals surface area contributed by atoms with Crippen LogP contribution in [0.5, 0.6) is 0 Å². The molecule has 0 aliphatic heterocycles. The van der Waals surface area contributed by atoms with E-state index in [1.54, 1.807) is 0 Å². The molecule has 0 fully saturated rings. The molecule has 0 radical (unpaired) electrons. The van der Waals surface area contributed by atoms with Crippen molar-refractivity contribution in [2.24, 2.45) is 5.92 Å². The van der Waals surface area contributed by atoms with Crippen molar-refractivity contribution in [3.05, 3.63) is 0 Å². The van der Waals surface area contributed by atoms with Gasteiger partial charge in [0.25, 0.3) is 0 Å². The van der Waals surface area contributed by atoms with Gasteiger partial charge in [-0.3, -0.25) is 14.4 Å². The molecule has 326 valence electrons. The van der Waals surface area contributed by atoms with Crippen molar-refractivity contribution >= 4 is 17.9 Å². The highest BCUT2D eigenvalue weighted by molar-refractivity contribution is 5.71. The quantitative estimate of drug-likeness (QED) is 0.0348. The molecular weight excluding hydrogens is 685 g/mol. The molecule has 0 unspecified atom stereocenters. The molecule has 6 nitrogen and oxygen atoms in total. The van der Waals surface area contributed by atoms with E-state index in [0.717, 1.165) is 63.7 Å². The smallest absolute Gasteiger partial charge is 0.306 e. The van der Waals surface area contributed by atoms with Gasteiger partial charge in [-0.05, 0) is 25.2 Å². The van der Waals surface area contributed by atoms with Crippen molar-refractivity contribution in [1.82, 2.24) is 0 Å². The van der Waals surface area contributed by atoms with E-state index in [1.807, 2.05) is 0 Å². The lowest BCUT2D eigenvalue weighted by Crippen LogP contribution is -2.30. The normalized spacial score (nSPS) is 11.9. The standard InChI is InChI=1S/C49H94O6/c1-5-7-9-11-13-14-21-25-29-33-37-41-48(51)54-44-46(43-53-47(50)40-36-32-27-12-10-8-6-2)55-49(52)42-38-34-30-26-23-20-18-16-15-17-19-22-24-28-31-35-39-45(3)4/h45-46H,5-44H2,1-4H3/t46-/m0/s1. The molecular formula is C49H94O6. The molecule has 0 rings (SSSR count). The topological polar surface area (TPSA) is 78.9 Å². The number of carbonyl (C=O) groups excluding carboxylic acids is 3. The van der Waals surface area contributed by atoms with Gasteiger partial charge in [0.15, 0.2) is 6.10 Å². The van der Waals surface area contributed by atoms with Crippen molar-refractivity contribution in [2.75, 3.05) is 13.2 Å². The van der Waals surface area contributed by atoms with Gasteiger partial charge in [-0.15, -0.1) is 0 Å². The zero-order valence-electron chi connectivity index (χ0n) is 37.4. The molecule has 0 N–H and O–H groups in total. The van der Waals surface area contributed by atoms with Crippen LogP contribution in [0.25, 0.3) is 0 Å². The molecule has 0 aliphatic rings. The van der Waals surface area contributed by atoms with E-state index in [4.69, 9.17) is 14.2 Å². The molecule has 6 heteroatoms. The summed E-state index contributed by atoms with van der Waals surface area (Å²) >= 11 is 0. The van der Waals surface area contributed by atoms with E-state index in [-0.39, 0.29) is 31.1 Å². The molecule has 0 saturated carbocycles.